The van der Waals surface area contributed by atoms with Gasteiger partial charge in [-0.05, 0) is 192 Å². The lowest BCUT2D eigenvalue weighted by molar-refractivity contribution is 0.402. The molecule has 16 aromatic rings. The number of fused-ring (bicyclic) bond motifs is 15. The van der Waals surface area contributed by atoms with Crippen molar-refractivity contribution in [3.63, 3.8) is 0 Å². The van der Waals surface area contributed by atoms with E-state index in [2.05, 4.69) is 358 Å². The summed E-state index contributed by atoms with van der Waals surface area (Å²) in [6.07, 6.45) is 2.26. The minimum atomic E-state index is -0.166. The van der Waals surface area contributed by atoms with Gasteiger partial charge in [0.05, 0.1) is 38.8 Å². The standard InChI is InChI=1S/C92H74BN5/c1-89(2)55-91(5,6)74-49-59(37-45-72(74)89)57-33-39-61(40-34-57)94-84-51-63(96-78-27-15-9-21-66(78)67-22-10-16-28-79(67)96)43-47-76(84)93-77-48-44-64(97-80-29-17-11-23-68(80)69-24-12-18-30-81(69)97)52-85(77)95(62-41-35-58(36-42-62)60-38-46-73-75(50-60)92(7,8)56-90(73,3)4)87-54-65(53-86(94)88(87)93)98-82-31-19-13-25-70(82)71-26-14-20-32-83(71)98/h9-54H,55-56H2,1-8H3. The van der Waals surface area contributed by atoms with Crippen LogP contribution in [0, 0.1) is 0 Å². The van der Waals surface area contributed by atoms with Gasteiger partial charge in [0.25, 0.3) is 6.71 Å². The van der Waals surface area contributed by atoms with E-state index in [0.29, 0.717) is 0 Å². The molecular weight excluding hydrogens is 1190 g/mol. The average Bonchev–Trinajstić information content (AvgIpc) is 0.977. The Balaban J connectivity index is 0.874. The fraction of sp³-hybridized carbons (Fsp3) is 0.152. The minimum Gasteiger partial charge on any atom is -0.311 e. The molecule has 0 saturated heterocycles. The van der Waals surface area contributed by atoms with Crippen molar-refractivity contribution >= 4 is 123 Å². The van der Waals surface area contributed by atoms with Crippen LogP contribution in [0.3, 0.4) is 0 Å². The molecule has 5 heterocycles. The molecule has 0 fully saturated rings. The van der Waals surface area contributed by atoms with Gasteiger partial charge in [0.1, 0.15) is 0 Å². The third-order valence-electron chi connectivity index (χ3n) is 23.2. The highest BCUT2D eigenvalue weighted by molar-refractivity contribution is 7.00. The number of aromatic nitrogens is 3. The summed E-state index contributed by atoms with van der Waals surface area (Å²) in [7, 11) is 0. The van der Waals surface area contributed by atoms with Crippen LogP contribution in [-0.2, 0) is 21.7 Å². The molecule has 98 heavy (non-hydrogen) atoms. The van der Waals surface area contributed by atoms with E-state index in [1.54, 1.807) is 0 Å². The molecule has 3 aromatic heterocycles. The number of nitrogens with zero attached hydrogens (tertiary/aromatic N) is 5. The number of rotatable bonds is 7. The van der Waals surface area contributed by atoms with Gasteiger partial charge in [-0.15, -0.1) is 0 Å². The van der Waals surface area contributed by atoms with E-state index in [9.17, 15) is 0 Å². The van der Waals surface area contributed by atoms with Gasteiger partial charge in [-0.2, -0.15) is 0 Å². The largest absolute Gasteiger partial charge is 0.311 e. The first-order valence-electron chi connectivity index (χ1n) is 35.1. The SMILES string of the molecule is CC1(C)CC(C)(C)c2cc(-c3ccc(N4c5cc(-n6c7ccccc7c7ccccc76)ccc5B5c6ccc(-n7c8ccccc8c8ccccc87)cc6N(c6ccc(-c7ccc8c(c7)C(C)(C)CC8(C)C)cc6)c6cc(-n7c8ccccc8c8ccccc87)cc4c65)cc3)ccc21. The Morgan fingerprint density at radius 2 is 0.520 bits per heavy atom. The van der Waals surface area contributed by atoms with Crippen molar-refractivity contribution < 1.29 is 0 Å². The molecular formula is C92H74BN5. The predicted molar refractivity (Wildman–Crippen MR) is 416 cm³/mol. The number of hydrogen-bond donors (Lipinski definition) is 0. The average molecular weight is 1260 g/mol. The lowest BCUT2D eigenvalue weighted by Crippen LogP contribution is -2.61. The molecule has 0 radical (unpaired) electrons. The molecule has 0 N–H and O–H groups in total. The van der Waals surface area contributed by atoms with Crippen LogP contribution >= 0.6 is 0 Å². The van der Waals surface area contributed by atoms with Crippen molar-refractivity contribution in [1.82, 2.24) is 13.7 Å². The molecule has 2 aliphatic carbocycles. The van der Waals surface area contributed by atoms with Crippen molar-refractivity contribution in [2.75, 3.05) is 9.80 Å². The zero-order valence-electron chi connectivity index (χ0n) is 56.8. The highest BCUT2D eigenvalue weighted by Crippen LogP contribution is 2.54. The maximum atomic E-state index is 2.62. The van der Waals surface area contributed by atoms with Gasteiger partial charge in [0.15, 0.2) is 0 Å². The van der Waals surface area contributed by atoms with Gasteiger partial charge < -0.3 is 23.5 Å². The van der Waals surface area contributed by atoms with E-state index in [1.807, 2.05) is 0 Å². The Morgan fingerprint density at radius 1 is 0.245 bits per heavy atom. The highest BCUT2D eigenvalue weighted by atomic mass is 15.2. The third-order valence-corrected chi connectivity index (χ3v) is 23.2. The van der Waals surface area contributed by atoms with Crippen LogP contribution in [-0.4, -0.2) is 20.4 Å². The van der Waals surface area contributed by atoms with E-state index < -0.39 is 0 Å². The van der Waals surface area contributed by atoms with Gasteiger partial charge in [0.2, 0.25) is 0 Å². The fourth-order valence-corrected chi connectivity index (χ4v) is 19.5. The molecule has 13 aromatic carbocycles. The number of para-hydroxylation sites is 6. The maximum Gasteiger partial charge on any atom is 0.252 e. The first kappa shape index (κ1) is 57.2. The van der Waals surface area contributed by atoms with Crippen molar-refractivity contribution in [3.05, 3.63) is 301 Å². The predicted octanol–water partition coefficient (Wildman–Crippen LogP) is 22.3. The number of benzene rings is 13. The second-order valence-corrected chi connectivity index (χ2v) is 31.1. The fourth-order valence-electron chi connectivity index (χ4n) is 19.5. The second kappa shape index (κ2) is 20.3. The number of hydrogen-bond acceptors (Lipinski definition) is 2. The molecule has 6 heteroatoms. The highest BCUT2D eigenvalue weighted by Gasteiger charge is 2.46. The van der Waals surface area contributed by atoms with Crippen LogP contribution in [0.15, 0.2) is 279 Å². The monoisotopic (exact) mass is 1260 g/mol. The van der Waals surface area contributed by atoms with E-state index >= 15 is 0 Å². The van der Waals surface area contributed by atoms with Gasteiger partial charge in [-0.1, -0.05) is 237 Å². The smallest absolute Gasteiger partial charge is 0.252 e. The third kappa shape index (κ3) is 8.15. The number of anilines is 6. The van der Waals surface area contributed by atoms with Crippen LogP contribution in [0.25, 0.3) is 105 Å². The van der Waals surface area contributed by atoms with E-state index in [-0.39, 0.29) is 28.4 Å². The Kier molecular flexibility index (Phi) is 11.8. The van der Waals surface area contributed by atoms with E-state index in [1.165, 1.54) is 126 Å². The summed E-state index contributed by atoms with van der Waals surface area (Å²) >= 11 is 0. The first-order valence-corrected chi connectivity index (χ1v) is 35.1. The lowest BCUT2D eigenvalue weighted by Gasteiger charge is -2.44. The summed E-state index contributed by atoms with van der Waals surface area (Å²) in [5.74, 6) is 0. The first-order chi connectivity index (χ1) is 47.6. The quantitative estimate of drug-likeness (QED) is 0.148. The molecule has 0 amide bonds. The van der Waals surface area contributed by atoms with Gasteiger partial charge in [-0.25, -0.2) is 0 Å². The zero-order chi connectivity index (χ0) is 65.9. The summed E-state index contributed by atoms with van der Waals surface area (Å²) in [6.45, 7) is 19.2. The molecule has 0 unspecified atom stereocenters. The summed E-state index contributed by atoms with van der Waals surface area (Å²) in [5, 5.41) is 7.42. The molecule has 2 aliphatic heterocycles. The van der Waals surface area contributed by atoms with Gasteiger partial charge in [0, 0.05) is 77.8 Å². The van der Waals surface area contributed by atoms with Crippen molar-refractivity contribution in [2.45, 2.75) is 89.9 Å². The van der Waals surface area contributed by atoms with Crippen molar-refractivity contribution in [1.29, 1.82) is 0 Å². The zero-order valence-corrected chi connectivity index (χ0v) is 56.8. The normalized spacial score (nSPS) is 15.9. The maximum absolute atomic E-state index is 2.62. The molecule has 0 saturated carbocycles. The summed E-state index contributed by atoms with van der Waals surface area (Å²) in [5.41, 5.74) is 32.1. The Labute approximate surface area is 573 Å². The van der Waals surface area contributed by atoms with E-state index in [0.717, 1.165) is 64.0 Å². The summed E-state index contributed by atoms with van der Waals surface area (Å²) < 4.78 is 7.50. The summed E-state index contributed by atoms with van der Waals surface area (Å²) in [4.78, 5) is 5.24. The van der Waals surface area contributed by atoms with Crippen molar-refractivity contribution in [2.24, 2.45) is 0 Å². The molecule has 20 rings (SSSR count). The Bertz CT molecular complexity index is 5610. The molecule has 0 spiro atoms. The topological polar surface area (TPSA) is 21.3 Å². The molecule has 0 bridgehead atoms. The van der Waals surface area contributed by atoms with Gasteiger partial charge in [-0.3, -0.25) is 0 Å². The van der Waals surface area contributed by atoms with E-state index in [4.69, 9.17) is 0 Å². The van der Waals surface area contributed by atoms with Crippen molar-refractivity contribution in [3.8, 4) is 39.3 Å². The van der Waals surface area contributed by atoms with Gasteiger partial charge >= 0.3 is 0 Å². The lowest BCUT2D eigenvalue weighted by atomic mass is 9.33. The van der Waals surface area contributed by atoms with Crippen LogP contribution in [0.1, 0.15) is 90.5 Å². The van der Waals surface area contributed by atoms with Crippen LogP contribution in [0.5, 0.6) is 0 Å². The van der Waals surface area contributed by atoms with Crippen LogP contribution in [0.2, 0.25) is 0 Å². The molecule has 5 nitrogen and oxygen atoms in total. The minimum absolute atomic E-state index is 0.0789. The second-order valence-electron chi connectivity index (χ2n) is 31.1. The molecule has 4 aliphatic rings. The Morgan fingerprint density at radius 3 is 0.857 bits per heavy atom. The molecule has 0 atom stereocenters. The summed E-state index contributed by atoms with van der Waals surface area (Å²) in [6, 6.07) is 107. The molecule has 470 valence electrons. The van der Waals surface area contributed by atoms with Crippen LogP contribution in [0.4, 0.5) is 34.1 Å². The van der Waals surface area contributed by atoms with Crippen LogP contribution < -0.4 is 26.2 Å². The Hall–Kier alpha value is -11.1.